The Morgan fingerprint density at radius 1 is 0.556 bits per heavy atom. The summed E-state index contributed by atoms with van der Waals surface area (Å²) >= 11 is 0. The SMILES string of the molecule is CC(C)CCCCCCCCCCCCOC(=O)CCCCCCC(C)C. The number of ether oxygens (including phenoxy) is 1. The highest BCUT2D eigenvalue weighted by molar-refractivity contribution is 5.69. The Bertz CT molecular complexity index is 309. The van der Waals surface area contributed by atoms with Crippen LogP contribution in [0.1, 0.15) is 137 Å². The van der Waals surface area contributed by atoms with E-state index in [2.05, 4.69) is 27.7 Å². The third-order valence-corrected chi connectivity index (χ3v) is 5.35. The summed E-state index contributed by atoms with van der Waals surface area (Å²) in [5, 5.41) is 0. The van der Waals surface area contributed by atoms with Crippen molar-refractivity contribution in [3.8, 4) is 0 Å². The zero-order valence-corrected chi connectivity index (χ0v) is 19.2. The fourth-order valence-electron chi connectivity index (χ4n) is 3.50. The van der Waals surface area contributed by atoms with Crippen LogP contribution in [0.2, 0.25) is 0 Å². The Morgan fingerprint density at radius 2 is 0.926 bits per heavy atom. The number of unbranched alkanes of at least 4 members (excludes halogenated alkanes) is 12. The number of carbonyl (C=O) groups excluding carboxylic acids is 1. The lowest BCUT2D eigenvalue weighted by atomic mass is 10.0. The molecular weight excluding hydrogens is 332 g/mol. The van der Waals surface area contributed by atoms with Crippen molar-refractivity contribution in [2.24, 2.45) is 11.8 Å². The number of hydrogen-bond donors (Lipinski definition) is 0. The second kappa shape index (κ2) is 20.2. The molecule has 0 aliphatic rings. The average Bonchev–Trinajstić information content (AvgIpc) is 2.61. The van der Waals surface area contributed by atoms with Crippen molar-refractivity contribution in [1.82, 2.24) is 0 Å². The summed E-state index contributed by atoms with van der Waals surface area (Å²) in [7, 11) is 0. The Kier molecular flexibility index (Phi) is 19.8. The summed E-state index contributed by atoms with van der Waals surface area (Å²) in [6, 6.07) is 0. The van der Waals surface area contributed by atoms with Gasteiger partial charge in [-0.25, -0.2) is 0 Å². The lowest BCUT2D eigenvalue weighted by molar-refractivity contribution is -0.143. The van der Waals surface area contributed by atoms with Crippen molar-refractivity contribution >= 4 is 5.97 Å². The molecule has 0 heterocycles. The van der Waals surface area contributed by atoms with Crippen LogP contribution in [0.15, 0.2) is 0 Å². The van der Waals surface area contributed by atoms with E-state index in [0.717, 1.165) is 24.7 Å². The molecular formula is C25H50O2. The predicted molar refractivity (Wildman–Crippen MR) is 119 cm³/mol. The number of hydrogen-bond acceptors (Lipinski definition) is 2. The van der Waals surface area contributed by atoms with E-state index >= 15 is 0 Å². The minimum atomic E-state index is 0.0105. The van der Waals surface area contributed by atoms with Crippen LogP contribution < -0.4 is 0 Å². The molecule has 0 spiro atoms. The quantitative estimate of drug-likeness (QED) is 0.156. The van der Waals surface area contributed by atoms with Gasteiger partial charge in [0.15, 0.2) is 0 Å². The minimum Gasteiger partial charge on any atom is -0.466 e. The monoisotopic (exact) mass is 382 g/mol. The molecule has 0 atom stereocenters. The van der Waals surface area contributed by atoms with Crippen molar-refractivity contribution in [3.05, 3.63) is 0 Å². The van der Waals surface area contributed by atoms with Crippen molar-refractivity contribution in [3.63, 3.8) is 0 Å². The Morgan fingerprint density at radius 3 is 1.37 bits per heavy atom. The molecule has 0 aliphatic carbocycles. The normalized spacial score (nSPS) is 11.5. The molecule has 0 amide bonds. The molecule has 0 unspecified atom stereocenters. The van der Waals surface area contributed by atoms with Crippen LogP contribution in [0.3, 0.4) is 0 Å². The average molecular weight is 383 g/mol. The van der Waals surface area contributed by atoms with Gasteiger partial charge in [-0.1, -0.05) is 118 Å². The van der Waals surface area contributed by atoms with E-state index in [1.165, 1.54) is 89.9 Å². The molecule has 0 rings (SSSR count). The molecule has 0 saturated heterocycles. The van der Waals surface area contributed by atoms with E-state index < -0.39 is 0 Å². The van der Waals surface area contributed by atoms with Gasteiger partial charge < -0.3 is 4.74 Å². The Labute approximate surface area is 171 Å². The van der Waals surface area contributed by atoms with Crippen LogP contribution >= 0.6 is 0 Å². The largest absolute Gasteiger partial charge is 0.466 e. The predicted octanol–water partition coefficient (Wildman–Crippen LogP) is 8.47. The van der Waals surface area contributed by atoms with Crippen LogP contribution in [-0.2, 0) is 9.53 Å². The van der Waals surface area contributed by atoms with Gasteiger partial charge in [0.05, 0.1) is 6.61 Å². The number of esters is 1. The Balaban J connectivity index is 3.16. The first-order chi connectivity index (χ1) is 13.0. The zero-order valence-electron chi connectivity index (χ0n) is 19.2. The molecule has 2 heteroatoms. The summed E-state index contributed by atoms with van der Waals surface area (Å²) in [5.41, 5.74) is 0. The highest BCUT2D eigenvalue weighted by Gasteiger charge is 2.03. The van der Waals surface area contributed by atoms with Crippen molar-refractivity contribution in [2.45, 2.75) is 137 Å². The van der Waals surface area contributed by atoms with Gasteiger partial charge in [0.2, 0.25) is 0 Å². The van der Waals surface area contributed by atoms with Crippen molar-refractivity contribution < 1.29 is 9.53 Å². The van der Waals surface area contributed by atoms with Gasteiger partial charge >= 0.3 is 5.97 Å². The molecule has 0 fully saturated rings. The lowest BCUT2D eigenvalue weighted by Gasteiger charge is -2.06. The van der Waals surface area contributed by atoms with Gasteiger partial charge in [0, 0.05) is 6.42 Å². The van der Waals surface area contributed by atoms with Gasteiger partial charge in [0.1, 0.15) is 0 Å². The van der Waals surface area contributed by atoms with Crippen LogP contribution in [0.5, 0.6) is 0 Å². The number of carbonyl (C=O) groups is 1. The van der Waals surface area contributed by atoms with E-state index in [-0.39, 0.29) is 5.97 Å². The zero-order chi connectivity index (χ0) is 20.2. The third-order valence-electron chi connectivity index (χ3n) is 5.35. The molecule has 27 heavy (non-hydrogen) atoms. The molecule has 0 radical (unpaired) electrons. The first kappa shape index (κ1) is 26.5. The molecule has 0 aromatic heterocycles. The van der Waals surface area contributed by atoms with E-state index in [1.54, 1.807) is 0 Å². The fraction of sp³-hybridized carbons (Fsp3) is 0.960. The molecule has 2 nitrogen and oxygen atoms in total. The smallest absolute Gasteiger partial charge is 0.305 e. The summed E-state index contributed by atoms with van der Waals surface area (Å²) in [4.78, 5) is 11.7. The van der Waals surface area contributed by atoms with Gasteiger partial charge in [-0.05, 0) is 24.7 Å². The summed E-state index contributed by atoms with van der Waals surface area (Å²) in [6.45, 7) is 9.80. The number of rotatable bonds is 20. The summed E-state index contributed by atoms with van der Waals surface area (Å²) in [5.74, 6) is 1.68. The maximum atomic E-state index is 11.7. The van der Waals surface area contributed by atoms with E-state index in [4.69, 9.17) is 4.74 Å². The third kappa shape index (κ3) is 23.4. The summed E-state index contributed by atoms with van der Waals surface area (Å²) < 4.78 is 5.35. The standard InChI is InChI=1S/C25H50O2/c1-23(2)19-15-11-9-7-5-6-8-10-14-18-22-27-25(26)21-17-13-12-16-20-24(3)4/h23-24H,5-22H2,1-4H3. The Hall–Kier alpha value is -0.530. The second-order valence-electron chi connectivity index (χ2n) is 9.29. The molecule has 0 aromatic rings. The van der Waals surface area contributed by atoms with Gasteiger partial charge in [-0.2, -0.15) is 0 Å². The molecule has 0 N–H and O–H groups in total. The van der Waals surface area contributed by atoms with Crippen LogP contribution in [0, 0.1) is 11.8 Å². The maximum Gasteiger partial charge on any atom is 0.305 e. The van der Waals surface area contributed by atoms with Crippen LogP contribution in [0.4, 0.5) is 0 Å². The molecule has 0 saturated carbocycles. The minimum absolute atomic E-state index is 0.0105. The van der Waals surface area contributed by atoms with Gasteiger partial charge in [-0.15, -0.1) is 0 Å². The fourth-order valence-corrected chi connectivity index (χ4v) is 3.50. The van der Waals surface area contributed by atoms with Crippen LogP contribution in [-0.4, -0.2) is 12.6 Å². The molecule has 0 aliphatic heterocycles. The first-order valence-corrected chi connectivity index (χ1v) is 12.2. The highest BCUT2D eigenvalue weighted by Crippen LogP contribution is 2.14. The molecule has 162 valence electrons. The lowest BCUT2D eigenvalue weighted by Crippen LogP contribution is -2.05. The van der Waals surface area contributed by atoms with E-state index in [9.17, 15) is 4.79 Å². The maximum absolute atomic E-state index is 11.7. The van der Waals surface area contributed by atoms with Crippen LogP contribution in [0.25, 0.3) is 0 Å². The molecule has 0 bridgehead atoms. The summed E-state index contributed by atoms with van der Waals surface area (Å²) in [6.07, 6.45) is 21.3. The first-order valence-electron chi connectivity index (χ1n) is 12.2. The van der Waals surface area contributed by atoms with E-state index in [1.807, 2.05) is 0 Å². The second-order valence-corrected chi connectivity index (χ2v) is 9.29. The van der Waals surface area contributed by atoms with E-state index in [0.29, 0.717) is 13.0 Å². The van der Waals surface area contributed by atoms with Gasteiger partial charge in [0.25, 0.3) is 0 Å². The highest BCUT2D eigenvalue weighted by atomic mass is 16.5. The topological polar surface area (TPSA) is 26.3 Å². The van der Waals surface area contributed by atoms with Gasteiger partial charge in [-0.3, -0.25) is 4.79 Å². The molecule has 0 aromatic carbocycles. The van der Waals surface area contributed by atoms with Crippen molar-refractivity contribution in [2.75, 3.05) is 6.61 Å². The van der Waals surface area contributed by atoms with Crippen molar-refractivity contribution in [1.29, 1.82) is 0 Å².